The number of hydrogen-bond donors (Lipinski definition) is 0. The Hall–Kier alpha value is -3.50. The number of thiophene rings is 1. The predicted molar refractivity (Wildman–Crippen MR) is 166 cm³/mol. The molecule has 0 unspecified atom stereocenters. The second-order valence-corrected chi connectivity index (χ2v) is 14.0. The Labute approximate surface area is 234 Å². The molecule has 0 radical (unpaired) electrons. The highest BCUT2D eigenvalue weighted by atomic mass is 32.1. The van der Waals surface area contributed by atoms with Crippen LogP contribution in [-0.4, -0.2) is 6.71 Å². The average Bonchev–Trinajstić information content (AvgIpc) is 3.24. The lowest BCUT2D eigenvalue weighted by atomic mass is 9.36. The maximum Gasteiger partial charge on any atom is 0.268 e. The molecule has 0 spiro atoms. The molecule has 39 heavy (non-hydrogen) atoms. The van der Waals surface area contributed by atoms with Crippen molar-refractivity contribution in [1.82, 2.24) is 0 Å². The molecule has 2 aliphatic heterocycles. The van der Waals surface area contributed by atoms with E-state index in [1.807, 2.05) is 11.3 Å². The maximum absolute atomic E-state index is 6.74. The molecule has 190 valence electrons. The molecule has 0 saturated carbocycles. The fourth-order valence-electron chi connectivity index (χ4n) is 7.12. The van der Waals surface area contributed by atoms with Gasteiger partial charge in [0.15, 0.2) is 0 Å². The number of aryl methyl sites for hydroxylation is 5. The van der Waals surface area contributed by atoms with Crippen molar-refractivity contribution < 1.29 is 4.74 Å². The van der Waals surface area contributed by atoms with Crippen molar-refractivity contribution in [2.75, 3.05) is 4.90 Å². The number of hydrogen-bond acceptors (Lipinski definition) is 3. The first-order chi connectivity index (χ1) is 18.8. The topological polar surface area (TPSA) is 12.5 Å². The van der Waals surface area contributed by atoms with Gasteiger partial charge in [-0.15, -0.1) is 11.3 Å². The quantitative estimate of drug-likeness (QED) is 0.213. The number of benzene rings is 4. The Kier molecular flexibility index (Phi) is 4.22. The van der Waals surface area contributed by atoms with Crippen LogP contribution < -0.4 is 25.3 Å². The second-order valence-electron chi connectivity index (χ2n) is 13.0. The molecule has 9 rings (SSSR count). The van der Waals surface area contributed by atoms with E-state index in [0.717, 1.165) is 11.5 Å². The van der Waals surface area contributed by atoms with E-state index in [9.17, 15) is 0 Å². The Morgan fingerprint density at radius 3 is 2.31 bits per heavy atom. The molecule has 0 atom stereocenters. The predicted octanol–water partition coefficient (Wildman–Crippen LogP) is 7.11. The van der Waals surface area contributed by atoms with Gasteiger partial charge in [0.25, 0.3) is 6.71 Å². The van der Waals surface area contributed by atoms with E-state index in [0.29, 0.717) is 0 Å². The summed E-state index contributed by atoms with van der Waals surface area (Å²) in [5.41, 5.74) is 15.2. The molecule has 0 bridgehead atoms. The molecule has 2 nitrogen and oxygen atoms in total. The number of fused-ring (bicyclic) bond motifs is 8. The average molecular weight is 524 g/mol. The van der Waals surface area contributed by atoms with Crippen molar-refractivity contribution in [3.63, 3.8) is 0 Å². The minimum Gasteiger partial charge on any atom is -0.458 e. The van der Waals surface area contributed by atoms with E-state index in [4.69, 9.17) is 4.74 Å². The third-order valence-electron chi connectivity index (χ3n) is 9.47. The van der Waals surface area contributed by atoms with Crippen LogP contribution in [0.2, 0.25) is 0 Å². The van der Waals surface area contributed by atoms with Crippen molar-refractivity contribution >= 4 is 60.9 Å². The van der Waals surface area contributed by atoms with E-state index in [-0.39, 0.29) is 12.1 Å². The van der Waals surface area contributed by atoms with Crippen LogP contribution in [0.5, 0.6) is 11.5 Å². The van der Waals surface area contributed by atoms with Gasteiger partial charge in [0.1, 0.15) is 11.5 Å². The fraction of sp³-hybridized carbons (Fsp3) is 0.257. The lowest BCUT2D eigenvalue weighted by Gasteiger charge is -2.40. The Bertz CT molecular complexity index is 1910. The van der Waals surface area contributed by atoms with E-state index in [1.54, 1.807) is 0 Å². The van der Waals surface area contributed by atoms with Crippen LogP contribution in [0, 0.1) is 6.92 Å². The van der Waals surface area contributed by atoms with Crippen LogP contribution in [-0.2, 0) is 31.1 Å². The van der Waals surface area contributed by atoms with Crippen LogP contribution in [0.15, 0.2) is 60.7 Å². The van der Waals surface area contributed by atoms with Crippen LogP contribution in [0.25, 0.3) is 10.1 Å². The number of ether oxygens (including phenoxy) is 1. The number of anilines is 3. The summed E-state index contributed by atoms with van der Waals surface area (Å²) in [6, 6.07) is 23.7. The Morgan fingerprint density at radius 2 is 1.56 bits per heavy atom. The van der Waals surface area contributed by atoms with Crippen molar-refractivity contribution in [2.45, 2.75) is 58.8 Å². The summed E-state index contributed by atoms with van der Waals surface area (Å²) in [7, 11) is 0. The number of nitrogens with zero attached hydrogens (tertiary/aromatic N) is 1. The molecular formula is C35H30BNOS. The molecular weight excluding hydrogens is 493 g/mol. The Balaban J connectivity index is 1.39. The van der Waals surface area contributed by atoms with Gasteiger partial charge in [-0.05, 0) is 125 Å². The normalized spacial score (nSPS) is 15.9. The van der Waals surface area contributed by atoms with E-state index in [1.165, 1.54) is 102 Å². The zero-order valence-corrected chi connectivity index (χ0v) is 23.8. The minimum atomic E-state index is 0.0907. The van der Waals surface area contributed by atoms with Gasteiger partial charge in [-0.25, -0.2) is 0 Å². The van der Waals surface area contributed by atoms with Gasteiger partial charge < -0.3 is 9.64 Å². The van der Waals surface area contributed by atoms with Crippen molar-refractivity contribution in [3.8, 4) is 11.5 Å². The molecule has 0 fully saturated rings. The molecule has 4 aromatic carbocycles. The van der Waals surface area contributed by atoms with Gasteiger partial charge in [0.05, 0.1) is 5.69 Å². The third-order valence-corrected chi connectivity index (χ3v) is 10.7. The molecule has 5 aromatic rings. The number of rotatable bonds is 1. The highest BCUT2D eigenvalue weighted by Gasteiger charge is 2.45. The first-order valence-corrected chi connectivity index (χ1v) is 15.1. The highest BCUT2D eigenvalue weighted by molar-refractivity contribution is 7.33. The van der Waals surface area contributed by atoms with Crippen molar-refractivity contribution in [1.29, 1.82) is 0 Å². The van der Waals surface area contributed by atoms with Crippen LogP contribution in [0.1, 0.15) is 54.2 Å². The largest absolute Gasteiger partial charge is 0.458 e. The molecule has 4 heteroatoms. The smallest absolute Gasteiger partial charge is 0.268 e. The van der Waals surface area contributed by atoms with Crippen molar-refractivity contribution in [3.05, 3.63) is 94.0 Å². The Morgan fingerprint density at radius 1 is 0.795 bits per heavy atom. The summed E-state index contributed by atoms with van der Waals surface area (Å²) in [6.45, 7) is 9.35. The first kappa shape index (κ1) is 22.3. The molecule has 0 N–H and O–H groups in total. The molecule has 0 saturated heterocycles. The standard InChI is InChI=1S/C35H30BNOS/c1-19-13-28-32-30(14-19)38-29-17-23-8-7-22(23)16-27(29)36(32)34-33(37(28)25-11-9-20-5-6-21(20)15-25)26-18-24(35(2,3)4)10-12-31(26)39-34/h9-18H,5-8H2,1-4H3. The molecule has 3 heterocycles. The summed E-state index contributed by atoms with van der Waals surface area (Å²) < 4.78 is 9.55. The third kappa shape index (κ3) is 2.99. The second kappa shape index (κ2) is 7.37. The zero-order chi connectivity index (χ0) is 26.2. The highest BCUT2D eigenvalue weighted by Crippen LogP contribution is 2.48. The van der Waals surface area contributed by atoms with Crippen LogP contribution in [0.3, 0.4) is 0 Å². The summed E-state index contributed by atoms with van der Waals surface area (Å²) in [5.74, 6) is 2.07. The molecule has 1 aromatic heterocycles. The monoisotopic (exact) mass is 523 g/mol. The first-order valence-electron chi connectivity index (χ1n) is 14.3. The van der Waals surface area contributed by atoms with E-state index in [2.05, 4.69) is 93.3 Å². The SMILES string of the molecule is Cc1cc2c3c(c1)N(c1ccc4c(c1)CC4)c1c(sc4ccc(C(C)(C)C)cc14)B3c1cc3c(cc1O2)CC3. The zero-order valence-electron chi connectivity index (χ0n) is 22.9. The lowest BCUT2D eigenvalue weighted by Crippen LogP contribution is -2.58. The van der Waals surface area contributed by atoms with Gasteiger partial charge in [-0.1, -0.05) is 39.0 Å². The fourth-order valence-corrected chi connectivity index (χ4v) is 8.41. The van der Waals surface area contributed by atoms with Crippen LogP contribution >= 0.6 is 11.3 Å². The van der Waals surface area contributed by atoms with Gasteiger partial charge in [-0.3, -0.25) is 0 Å². The van der Waals surface area contributed by atoms with Gasteiger partial charge >= 0.3 is 0 Å². The summed E-state index contributed by atoms with van der Waals surface area (Å²) in [6.07, 6.45) is 4.73. The van der Waals surface area contributed by atoms with Gasteiger partial charge in [0, 0.05) is 26.2 Å². The summed E-state index contributed by atoms with van der Waals surface area (Å²) in [4.78, 5) is 2.57. The summed E-state index contributed by atoms with van der Waals surface area (Å²) in [5, 5.41) is 1.37. The molecule has 2 aliphatic carbocycles. The molecule has 4 aliphatic rings. The minimum absolute atomic E-state index is 0.0907. The lowest BCUT2D eigenvalue weighted by molar-refractivity contribution is 0.485. The van der Waals surface area contributed by atoms with Crippen LogP contribution in [0.4, 0.5) is 17.1 Å². The maximum atomic E-state index is 6.74. The molecule has 0 amide bonds. The van der Waals surface area contributed by atoms with Gasteiger partial charge in [0.2, 0.25) is 0 Å². The van der Waals surface area contributed by atoms with E-state index >= 15 is 0 Å². The van der Waals surface area contributed by atoms with Gasteiger partial charge in [-0.2, -0.15) is 0 Å². The van der Waals surface area contributed by atoms with E-state index < -0.39 is 0 Å². The van der Waals surface area contributed by atoms with Crippen molar-refractivity contribution in [2.24, 2.45) is 0 Å². The summed E-state index contributed by atoms with van der Waals surface area (Å²) >= 11 is 1.98.